The summed E-state index contributed by atoms with van der Waals surface area (Å²) in [6.07, 6.45) is 3.25. The van der Waals surface area contributed by atoms with E-state index < -0.39 is 0 Å². The molecule has 1 saturated carbocycles. The van der Waals surface area contributed by atoms with Crippen LogP contribution in [0.25, 0.3) is 0 Å². The Kier molecular flexibility index (Phi) is 6.82. The van der Waals surface area contributed by atoms with Crippen LogP contribution in [0.2, 0.25) is 0 Å². The molecule has 1 aromatic rings. The van der Waals surface area contributed by atoms with E-state index in [0.717, 1.165) is 6.42 Å². The second kappa shape index (κ2) is 8.12. The van der Waals surface area contributed by atoms with Crippen LogP contribution in [0.15, 0.2) is 24.3 Å². The van der Waals surface area contributed by atoms with Crippen molar-refractivity contribution >= 4 is 18.3 Å². The van der Waals surface area contributed by atoms with Crippen molar-refractivity contribution in [3.63, 3.8) is 0 Å². The second-order valence-electron chi connectivity index (χ2n) is 5.27. The summed E-state index contributed by atoms with van der Waals surface area (Å²) in [4.78, 5) is 12.1. The van der Waals surface area contributed by atoms with E-state index in [4.69, 9.17) is 10.5 Å². The quantitative estimate of drug-likeness (QED) is 0.812. The Morgan fingerprint density at radius 2 is 2.15 bits per heavy atom. The summed E-state index contributed by atoms with van der Waals surface area (Å²) in [7, 11) is 0. The normalized spacial score (nSPS) is 15.1. The molecule has 1 aliphatic rings. The standard InChI is InChI=1S/C15H22N2O2.ClH/c1-11(16)8-9-17-15(18)13-4-2-3-5-14(13)19-10-12-6-7-12;/h2-5,11-12H,6-10,16H2,1H3,(H,17,18);1H. The highest BCUT2D eigenvalue weighted by atomic mass is 35.5. The molecule has 0 aromatic heterocycles. The molecule has 1 aliphatic carbocycles. The molecule has 0 aliphatic heterocycles. The molecule has 0 saturated heterocycles. The number of amides is 1. The van der Waals surface area contributed by atoms with Crippen molar-refractivity contribution in [2.24, 2.45) is 11.7 Å². The molecule has 1 unspecified atom stereocenters. The zero-order chi connectivity index (χ0) is 13.7. The summed E-state index contributed by atoms with van der Waals surface area (Å²) in [6.45, 7) is 3.23. The van der Waals surface area contributed by atoms with Gasteiger partial charge in [0.25, 0.3) is 5.91 Å². The van der Waals surface area contributed by atoms with Crippen molar-refractivity contribution < 1.29 is 9.53 Å². The smallest absolute Gasteiger partial charge is 0.255 e. The van der Waals surface area contributed by atoms with Crippen LogP contribution in [0, 0.1) is 5.92 Å². The van der Waals surface area contributed by atoms with Gasteiger partial charge >= 0.3 is 0 Å². The van der Waals surface area contributed by atoms with Crippen LogP contribution in [-0.2, 0) is 0 Å². The molecular weight excluding hydrogens is 276 g/mol. The molecule has 3 N–H and O–H groups in total. The highest BCUT2D eigenvalue weighted by Gasteiger charge is 2.22. The number of nitrogens with two attached hydrogens (primary N) is 1. The van der Waals surface area contributed by atoms with E-state index in [-0.39, 0.29) is 24.4 Å². The second-order valence-corrected chi connectivity index (χ2v) is 5.27. The minimum atomic E-state index is -0.0907. The SMILES string of the molecule is CC(N)CCNC(=O)c1ccccc1OCC1CC1.Cl. The van der Waals surface area contributed by atoms with Gasteiger partial charge in [0.05, 0.1) is 12.2 Å². The Bertz CT molecular complexity index is 434. The molecule has 1 fully saturated rings. The lowest BCUT2D eigenvalue weighted by Gasteiger charge is -2.12. The molecule has 0 radical (unpaired) electrons. The number of halogens is 1. The zero-order valence-corrected chi connectivity index (χ0v) is 12.6. The molecule has 0 spiro atoms. The van der Waals surface area contributed by atoms with E-state index in [1.807, 2.05) is 25.1 Å². The van der Waals surface area contributed by atoms with Crippen molar-refractivity contribution in [2.75, 3.05) is 13.2 Å². The lowest BCUT2D eigenvalue weighted by molar-refractivity contribution is 0.0948. The van der Waals surface area contributed by atoms with Gasteiger partial charge in [0.15, 0.2) is 0 Å². The zero-order valence-electron chi connectivity index (χ0n) is 11.8. The van der Waals surface area contributed by atoms with E-state index in [9.17, 15) is 4.79 Å². The van der Waals surface area contributed by atoms with Crippen LogP contribution < -0.4 is 15.8 Å². The van der Waals surface area contributed by atoms with Crippen molar-refractivity contribution in [3.05, 3.63) is 29.8 Å². The number of hydrogen-bond donors (Lipinski definition) is 2. The molecule has 4 nitrogen and oxygen atoms in total. The van der Waals surface area contributed by atoms with Crippen LogP contribution in [0.1, 0.15) is 36.5 Å². The molecule has 20 heavy (non-hydrogen) atoms. The Morgan fingerprint density at radius 1 is 1.45 bits per heavy atom. The lowest BCUT2D eigenvalue weighted by atomic mass is 10.2. The number of ether oxygens (including phenoxy) is 1. The van der Waals surface area contributed by atoms with Gasteiger partial charge in [-0.05, 0) is 44.2 Å². The fraction of sp³-hybridized carbons (Fsp3) is 0.533. The van der Waals surface area contributed by atoms with Gasteiger partial charge in [0.2, 0.25) is 0 Å². The van der Waals surface area contributed by atoms with Gasteiger partial charge in [0, 0.05) is 12.6 Å². The summed E-state index contributed by atoms with van der Waals surface area (Å²) in [5.41, 5.74) is 6.26. The van der Waals surface area contributed by atoms with Crippen LogP contribution in [-0.4, -0.2) is 25.1 Å². The van der Waals surface area contributed by atoms with Gasteiger partial charge < -0.3 is 15.8 Å². The largest absolute Gasteiger partial charge is 0.492 e. The fourth-order valence-electron chi connectivity index (χ4n) is 1.78. The molecule has 0 bridgehead atoms. The molecule has 2 rings (SSSR count). The predicted octanol–water partition coefficient (Wildman–Crippen LogP) is 2.36. The third-order valence-corrected chi connectivity index (χ3v) is 3.19. The molecule has 112 valence electrons. The predicted molar refractivity (Wildman–Crippen MR) is 82.5 cm³/mol. The first-order chi connectivity index (χ1) is 9.16. The van der Waals surface area contributed by atoms with Gasteiger partial charge in [-0.2, -0.15) is 0 Å². The minimum absolute atomic E-state index is 0. The summed E-state index contributed by atoms with van der Waals surface area (Å²) in [5, 5.41) is 2.88. The molecule has 0 heterocycles. The number of carbonyl (C=O) groups excluding carboxylic acids is 1. The first-order valence-electron chi connectivity index (χ1n) is 6.92. The first kappa shape index (κ1) is 16.8. The summed E-state index contributed by atoms with van der Waals surface area (Å²) in [6, 6.07) is 7.49. The Hall–Kier alpha value is -1.26. The van der Waals surface area contributed by atoms with Gasteiger partial charge in [-0.3, -0.25) is 4.79 Å². The maximum atomic E-state index is 12.1. The molecule has 1 atom stereocenters. The van der Waals surface area contributed by atoms with Crippen molar-refractivity contribution in [1.29, 1.82) is 0 Å². The third kappa shape index (κ3) is 5.39. The van der Waals surface area contributed by atoms with Crippen molar-refractivity contribution in [1.82, 2.24) is 5.32 Å². The Labute approximate surface area is 126 Å². The molecule has 1 amide bonds. The van der Waals surface area contributed by atoms with E-state index >= 15 is 0 Å². The monoisotopic (exact) mass is 298 g/mol. The summed E-state index contributed by atoms with van der Waals surface area (Å²) < 4.78 is 5.72. The van der Waals surface area contributed by atoms with E-state index in [1.165, 1.54) is 12.8 Å². The van der Waals surface area contributed by atoms with Gasteiger partial charge in [-0.25, -0.2) is 0 Å². The summed E-state index contributed by atoms with van der Waals surface area (Å²) in [5.74, 6) is 1.26. The Morgan fingerprint density at radius 3 is 2.80 bits per heavy atom. The minimum Gasteiger partial charge on any atom is -0.492 e. The molecular formula is C15H23ClN2O2. The van der Waals surface area contributed by atoms with E-state index in [2.05, 4.69) is 5.32 Å². The van der Waals surface area contributed by atoms with Crippen LogP contribution in [0.4, 0.5) is 0 Å². The van der Waals surface area contributed by atoms with E-state index in [1.54, 1.807) is 6.07 Å². The maximum absolute atomic E-state index is 12.1. The number of carbonyl (C=O) groups is 1. The van der Waals surface area contributed by atoms with Gasteiger partial charge in [0.1, 0.15) is 5.75 Å². The highest BCUT2D eigenvalue weighted by molar-refractivity contribution is 5.96. The van der Waals surface area contributed by atoms with Crippen LogP contribution >= 0.6 is 12.4 Å². The molecule has 1 aromatic carbocycles. The third-order valence-electron chi connectivity index (χ3n) is 3.19. The van der Waals surface area contributed by atoms with Gasteiger partial charge in [-0.15, -0.1) is 12.4 Å². The van der Waals surface area contributed by atoms with E-state index in [0.29, 0.717) is 30.4 Å². The maximum Gasteiger partial charge on any atom is 0.255 e. The average molecular weight is 299 g/mol. The fourth-order valence-corrected chi connectivity index (χ4v) is 1.78. The van der Waals surface area contributed by atoms with Crippen LogP contribution in [0.3, 0.4) is 0 Å². The number of benzene rings is 1. The van der Waals surface area contributed by atoms with Crippen molar-refractivity contribution in [2.45, 2.75) is 32.2 Å². The summed E-state index contributed by atoms with van der Waals surface area (Å²) >= 11 is 0. The van der Waals surface area contributed by atoms with Crippen LogP contribution in [0.5, 0.6) is 5.75 Å². The topological polar surface area (TPSA) is 64.3 Å². The number of para-hydroxylation sites is 1. The Balaban J connectivity index is 0.00000200. The highest BCUT2D eigenvalue weighted by Crippen LogP contribution is 2.30. The first-order valence-corrected chi connectivity index (χ1v) is 6.92. The molecule has 5 heteroatoms. The van der Waals surface area contributed by atoms with Gasteiger partial charge in [-0.1, -0.05) is 12.1 Å². The lowest BCUT2D eigenvalue weighted by Crippen LogP contribution is -2.29. The average Bonchev–Trinajstić information content (AvgIpc) is 3.20. The number of hydrogen-bond acceptors (Lipinski definition) is 3. The van der Waals surface area contributed by atoms with Crippen molar-refractivity contribution in [3.8, 4) is 5.75 Å². The number of nitrogens with one attached hydrogen (secondary N) is 1. The number of rotatable bonds is 7.